The van der Waals surface area contributed by atoms with Gasteiger partial charge in [0.1, 0.15) is 0 Å². The zero-order valence-corrected chi connectivity index (χ0v) is 9.87. The molecule has 0 fully saturated rings. The van der Waals surface area contributed by atoms with Gasteiger partial charge in [0, 0.05) is 16.0 Å². The molecule has 0 unspecified atom stereocenters. The van der Waals surface area contributed by atoms with Crippen molar-refractivity contribution in [3.05, 3.63) is 65.2 Å². The maximum Gasteiger partial charge on any atom is 0.193 e. The lowest BCUT2D eigenvalue weighted by atomic mass is 9.99. The molecule has 16 heavy (non-hydrogen) atoms. The predicted molar refractivity (Wildman–Crippen MR) is 68.3 cm³/mol. The summed E-state index contributed by atoms with van der Waals surface area (Å²) in [7, 11) is 0. The highest BCUT2D eigenvalue weighted by atomic mass is 32.1. The van der Waals surface area contributed by atoms with Crippen LogP contribution in [-0.2, 0) is 0 Å². The average Bonchev–Trinajstić information content (AvgIpc) is 2.29. The van der Waals surface area contributed by atoms with Crippen molar-refractivity contribution in [1.82, 2.24) is 0 Å². The second-order valence-corrected chi connectivity index (χ2v) is 4.21. The Morgan fingerprint density at radius 3 is 2.38 bits per heavy atom. The number of benzene rings is 2. The van der Waals surface area contributed by atoms with Crippen LogP contribution in [0.4, 0.5) is 0 Å². The van der Waals surface area contributed by atoms with Gasteiger partial charge in [0.25, 0.3) is 0 Å². The smallest absolute Gasteiger partial charge is 0.193 e. The molecular weight excluding hydrogens is 216 g/mol. The number of hydrogen-bond donors (Lipinski definition) is 1. The van der Waals surface area contributed by atoms with Crippen molar-refractivity contribution in [2.75, 3.05) is 0 Å². The van der Waals surface area contributed by atoms with E-state index in [1.54, 1.807) is 0 Å². The summed E-state index contributed by atoms with van der Waals surface area (Å²) in [4.78, 5) is 13.0. The van der Waals surface area contributed by atoms with E-state index < -0.39 is 0 Å². The number of ketones is 1. The summed E-state index contributed by atoms with van der Waals surface area (Å²) in [5.74, 6) is 0.0615. The molecular formula is C14H12OS. The van der Waals surface area contributed by atoms with E-state index in [9.17, 15) is 4.79 Å². The van der Waals surface area contributed by atoms with Crippen molar-refractivity contribution in [3.63, 3.8) is 0 Å². The Hall–Kier alpha value is -1.54. The van der Waals surface area contributed by atoms with Crippen LogP contribution in [0.15, 0.2) is 53.4 Å². The van der Waals surface area contributed by atoms with Crippen LogP contribution < -0.4 is 0 Å². The fourth-order valence-electron chi connectivity index (χ4n) is 1.65. The van der Waals surface area contributed by atoms with Crippen molar-refractivity contribution in [2.24, 2.45) is 0 Å². The summed E-state index contributed by atoms with van der Waals surface area (Å²) >= 11 is 4.25. The molecule has 1 nitrogen and oxygen atoms in total. The summed E-state index contributed by atoms with van der Waals surface area (Å²) in [6.07, 6.45) is 0. The molecule has 0 aliphatic rings. The molecule has 0 atom stereocenters. The molecule has 0 heterocycles. The molecule has 0 aliphatic heterocycles. The number of aryl methyl sites for hydroxylation is 1. The Balaban J connectivity index is 2.42. The fraction of sp³-hybridized carbons (Fsp3) is 0.0714. The molecule has 0 amide bonds. The highest BCUT2D eigenvalue weighted by Crippen LogP contribution is 2.17. The van der Waals surface area contributed by atoms with Crippen LogP contribution in [0, 0.1) is 6.92 Å². The minimum Gasteiger partial charge on any atom is -0.289 e. The first-order valence-corrected chi connectivity index (χ1v) is 5.52. The first-order chi connectivity index (χ1) is 7.68. The average molecular weight is 228 g/mol. The summed E-state index contributed by atoms with van der Waals surface area (Å²) in [5.41, 5.74) is 2.42. The number of carbonyl (C=O) groups excluding carboxylic acids is 1. The van der Waals surface area contributed by atoms with Crippen LogP contribution in [0.5, 0.6) is 0 Å². The molecule has 2 heteroatoms. The molecule has 0 spiro atoms. The Kier molecular flexibility index (Phi) is 3.11. The van der Waals surface area contributed by atoms with Crippen LogP contribution in [0.3, 0.4) is 0 Å². The molecule has 0 aromatic heterocycles. The Morgan fingerprint density at radius 1 is 1.06 bits per heavy atom. The fourth-order valence-corrected chi connectivity index (χ4v) is 1.92. The lowest BCUT2D eigenvalue weighted by Gasteiger charge is -2.05. The van der Waals surface area contributed by atoms with Crippen LogP contribution in [0.2, 0.25) is 0 Å². The van der Waals surface area contributed by atoms with Gasteiger partial charge >= 0.3 is 0 Å². The van der Waals surface area contributed by atoms with E-state index in [1.165, 1.54) is 0 Å². The van der Waals surface area contributed by atoms with Crippen LogP contribution in [0.25, 0.3) is 0 Å². The van der Waals surface area contributed by atoms with Gasteiger partial charge in [-0.15, -0.1) is 12.6 Å². The molecule has 0 radical (unpaired) electrons. The Labute approximate surface area is 101 Å². The highest BCUT2D eigenvalue weighted by molar-refractivity contribution is 7.80. The monoisotopic (exact) mass is 228 g/mol. The SMILES string of the molecule is Cc1cc(S)ccc1C(=O)c1ccccc1. The first kappa shape index (κ1) is 11.0. The van der Waals surface area contributed by atoms with Gasteiger partial charge in [-0.3, -0.25) is 4.79 Å². The molecule has 0 bridgehead atoms. The largest absolute Gasteiger partial charge is 0.289 e. The van der Waals surface area contributed by atoms with Crippen molar-refractivity contribution in [1.29, 1.82) is 0 Å². The topological polar surface area (TPSA) is 17.1 Å². The van der Waals surface area contributed by atoms with Gasteiger partial charge < -0.3 is 0 Å². The van der Waals surface area contributed by atoms with Crippen molar-refractivity contribution in [2.45, 2.75) is 11.8 Å². The predicted octanol–water partition coefficient (Wildman–Crippen LogP) is 3.51. The molecule has 0 saturated carbocycles. The molecule has 80 valence electrons. The second-order valence-electron chi connectivity index (χ2n) is 3.69. The van der Waals surface area contributed by atoms with Gasteiger partial charge in [-0.1, -0.05) is 30.3 Å². The van der Waals surface area contributed by atoms with Crippen LogP contribution in [0.1, 0.15) is 21.5 Å². The normalized spacial score (nSPS) is 10.1. The second kappa shape index (κ2) is 4.54. The molecule has 0 N–H and O–H groups in total. The van der Waals surface area contributed by atoms with E-state index in [-0.39, 0.29) is 5.78 Å². The number of hydrogen-bond acceptors (Lipinski definition) is 2. The number of thiol groups is 1. The van der Waals surface area contributed by atoms with Gasteiger partial charge in [-0.2, -0.15) is 0 Å². The Bertz CT molecular complexity index is 518. The standard InChI is InChI=1S/C14H12OS/c1-10-9-12(16)7-8-13(10)14(15)11-5-3-2-4-6-11/h2-9,16H,1H3. The minimum atomic E-state index is 0.0615. The maximum atomic E-state index is 12.2. The molecule has 0 saturated heterocycles. The summed E-state index contributed by atoms with van der Waals surface area (Å²) in [5, 5.41) is 0. The van der Waals surface area contributed by atoms with Crippen LogP contribution in [-0.4, -0.2) is 5.78 Å². The van der Waals surface area contributed by atoms with Crippen molar-refractivity contribution in [3.8, 4) is 0 Å². The summed E-state index contributed by atoms with van der Waals surface area (Å²) in [6, 6.07) is 14.9. The van der Waals surface area contributed by atoms with E-state index in [1.807, 2.05) is 55.5 Å². The third-order valence-corrected chi connectivity index (χ3v) is 2.77. The van der Waals surface area contributed by atoms with E-state index in [0.29, 0.717) is 0 Å². The van der Waals surface area contributed by atoms with Gasteiger partial charge in [-0.25, -0.2) is 0 Å². The maximum absolute atomic E-state index is 12.2. The lowest BCUT2D eigenvalue weighted by Crippen LogP contribution is -2.03. The lowest BCUT2D eigenvalue weighted by molar-refractivity contribution is 0.103. The highest BCUT2D eigenvalue weighted by Gasteiger charge is 2.10. The van der Waals surface area contributed by atoms with Crippen molar-refractivity contribution >= 4 is 18.4 Å². The summed E-state index contributed by atoms with van der Waals surface area (Å²) < 4.78 is 0. The first-order valence-electron chi connectivity index (χ1n) is 5.08. The summed E-state index contributed by atoms with van der Waals surface area (Å²) in [6.45, 7) is 1.93. The van der Waals surface area contributed by atoms with Crippen molar-refractivity contribution < 1.29 is 4.79 Å². The molecule has 2 aromatic rings. The van der Waals surface area contributed by atoms with E-state index in [2.05, 4.69) is 12.6 Å². The molecule has 0 aliphatic carbocycles. The third kappa shape index (κ3) is 2.17. The zero-order chi connectivity index (χ0) is 11.5. The van der Waals surface area contributed by atoms with E-state index in [0.717, 1.165) is 21.6 Å². The van der Waals surface area contributed by atoms with Gasteiger partial charge in [-0.05, 0) is 30.7 Å². The van der Waals surface area contributed by atoms with Gasteiger partial charge in [0.05, 0.1) is 0 Å². The molecule has 2 aromatic carbocycles. The quantitative estimate of drug-likeness (QED) is 0.615. The Morgan fingerprint density at radius 2 is 1.75 bits per heavy atom. The van der Waals surface area contributed by atoms with Crippen LogP contribution >= 0.6 is 12.6 Å². The zero-order valence-electron chi connectivity index (χ0n) is 8.97. The van der Waals surface area contributed by atoms with E-state index >= 15 is 0 Å². The molecule has 2 rings (SSSR count). The van der Waals surface area contributed by atoms with Gasteiger partial charge in [0.15, 0.2) is 5.78 Å². The van der Waals surface area contributed by atoms with Gasteiger partial charge in [0.2, 0.25) is 0 Å². The number of carbonyl (C=O) groups is 1. The van der Waals surface area contributed by atoms with E-state index in [4.69, 9.17) is 0 Å². The minimum absolute atomic E-state index is 0.0615. The number of rotatable bonds is 2. The third-order valence-electron chi connectivity index (χ3n) is 2.49.